The van der Waals surface area contributed by atoms with Crippen LogP contribution in [-0.4, -0.2) is 6.10 Å². The first-order valence-electron chi connectivity index (χ1n) is 6.51. The van der Waals surface area contributed by atoms with Crippen molar-refractivity contribution in [1.82, 2.24) is 0 Å². The van der Waals surface area contributed by atoms with Crippen LogP contribution < -0.4 is 4.74 Å². The number of benzene rings is 2. The Balaban J connectivity index is 2.15. The Labute approximate surface area is 108 Å². The number of rotatable bonds is 1. The van der Waals surface area contributed by atoms with Crippen molar-refractivity contribution in [3.63, 3.8) is 0 Å². The molecule has 0 fully saturated rings. The zero-order valence-electron chi connectivity index (χ0n) is 11.2. The summed E-state index contributed by atoms with van der Waals surface area (Å²) in [7, 11) is 0. The quantitative estimate of drug-likeness (QED) is 0.720. The molecule has 0 radical (unpaired) electrons. The van der Waals surface area contributed by atoms with Crippen LogP contribution in [0, 0.1) is 13.8 Å². The van der Waals surface area contributed by atoms with Gasteiger partial charge in [-0.1, -0.05) is 35.9 Å². The smallest absolute Gasteiger partial charge is 0.130 e. The van der Waals surface area contributed by atoms with Crippen LogP contribution in [0.3, 0.4) is 0 Å². The molecule has 1 unspecified atom stereocenters. The van der Waals surface area contributed by atoms with Gasteiger partial charge in [-0.3, -0.25) is 0 Å². The van der Waals surface area contributed by atoms with Crippen molar-refractivity contribution in [2.24, 2.45) is 0 Å². The third-order valence-electron chi connectivity index (χ3n) is 3.50. The highest BCUT2D eigenvalue weighted by Gasteiger charge is 2.23. The summed E-state index contributed by atoms with van der Waals surface area (Å²) < 4.78 is 5.98. The van der Waals surface area contributed by atoms with Crippen molar-refractivity contribution < 1.29 is 4.74 Å². The molecule has 92 valence electrons. The minimum atomic E-state index is 0.297. The van der Waals surface area contributed by atoms with Gasteiger partial charge in [-0.15, -0.1) is 0 Å². The largest absolute Gasteiger partial charge is 0.489 e. The average molecular weight is 238 g/mol. The Morgan fingerprint density at radius 3 is 2.44 bits per heavy atom. The van der Waals surface area contributed by atoms with E-state index in [0.29, 0.717) is 6.10 Å². The minimum Gasteiger partial charge on any atom is -0.489 e. The summed E-state index contributed by atoms with van der Waals surface area (Å²) in [6, 6.07) is 13.1. The molecule has 3 rings (SSSR count). The Bertz CT molecular complexity index is 581. The van der Waals surface area contributed by atoms with Crippen molar-refractivity contribution in [2.75, 3.05) is 0 Å². The summed E-state index contributed by atoms with van der Waals surface area (Å²) in [5, 5.41) is 0. The fourth-order valence-electron chi connectivity index (χ4n) is 2.64. The molecule has 2 aromatic rings. The maximum Gasteiger partial charge on any atom is 0.130 e. The lowest BCUT2D eigenvalue weighted by Gasteiger charge is -2.11. The van der Waals surface area contributed by atoms with Crippen LogP contribution in [0.4, 0.5) is 0 Å². The fourth-order valence-corrected chi connectivity index (χ4v) is 2.64. The molecule has 1 heterocycles. The zero-order valence-corrected chi connectivity index (χ0v) is 11.2. The molecule has 0 amide bonds. The maximum absolute atomic E-state index is 5.98. The lowest BCUT2D eigenvalue weighted by molar-refractivity contribution is 0.255. The van der Waals surface area contributed by atoms with E-state index in [0.717, 1.165) is 12.2 Å². The third-order valence-corrected chi connectivity index (χ3v) is 3.50. The van der Waals surface area contributed by atoms with E-state index in [9.17, 15) is 0 Å². The van der Waals surface area contributed by atoms with E-state index in [1.807, 2.05) is 0 Å². The normalized spacial score (nSPS) is 17.4. The first-order chi connectivity index (χ1) is 8.63. The molecular formula is C17H18O. The second kappa shape index (κ2) is 4.16. The van der Waals surface area contributed by atoms with E-state index in [-0.39, 0.29) is 0 Å². The molecule has 1 atom stereocenters. The van der Waals surface area contributed by atoms with E-state index in [1.165, 1.54) is 27.8 Å². The maximum atomic E-state index is 5.98. The Kier molecular flexibility index (Phi) is 2.62. The van der Waals surface area contributed by atoms with Crippen LogP contribution in [0.25, 0.3) is 11.1 Å². The first kappa shape index (κ1) is 11.3. The van der Waals surface area contributed by atoms with E-state index in [1.54, 1.807) is 0 Å². The highest BCUT2D eigenvalue weighted by atomic mass is 16.5. The molecule has 0 saturated carbocycles. The summed E-state index contributed by atoms with van der Waals surface area (Å²) in [6.07, 6.45) is 1.32. The lowest BCUT2D eigenvalue weighted by atomic mass is 9.97. The molecule has 1 aliphatic heterocycles. The summed E-state index contributed by atoms with van der Waals surface area (Å²) in [5.74, 6) is 1.08. The third kappa shape index (κ3) is 1.90. The van der Waals surface area contributed by atoms with Gasteiger partial charge >= 0.3 is 0 Å². The van der Waals surface area contributed by atoms with Crippen LogP contribution >= 0.6 is 0 Å². The highest BCUT2D eigenvalue weighted by molar-refractivity contribution is 5.74. The van der Waals surface area contributed by atoms with Gasteiger partial charge < -0.3 is 4.74 Å². The van der Waals surface area contributed by atoms with Crippen LogP contribution in [0.15, 0.2) is 36.4 Å². The summed E-state index contributed by atoms with van der Waals surface area (Å²) >= 11 is 0. The van der Waals surface area contributed by atoms with Gasteiger partial charge in [0.25, 0.3) is 0 Å². The van der Waals surface area contributed by atoms with Gasteiger partial charge in [0.2, 0.25) is 0 Å². The molecule has 1 nitrogen and oxygen atoms in total. The Morgan fingerprint density at radius 2 is 1.72 bits per heavy atom. The Morgan fingerprint density at radius 1 is 1.00 bits per heavy atom. The molecule has 1 heteroatoms. The van der Waals surface area contributed by atoms with Crippen molar-refractivity contribution in [1.29, 1.82) is 0 Å². The van der Waals surface area contributed by atoms with Crippen molar-refractivity contribution in [3.05, 3.63) is 53.1 Å². The molecule has 2 aromatic carbocycles. The van der Waals surface area contributed by atoms with Crippen LogP contribution in [0.2, 0.25) is 0 Å². The zero-order chi connectivity index (χ0) is 12.7. The van der Waals surface area contributed by atoms with Crippen molar-refractivity contribution in [2.45, 2.75) is 33.3 Å². The molecular weight excluding hydrogens is 220 g/mol. The van der Waals surface area contributed by atoms with Crippen LogP contribution in [0.5, 0.6) is 5.75 Å². The SMILES string of the molecule is Cc1ccc(-c2cc(C)cc3c2OC(C)C3)cc1. The molecule has 0 spiro atoms. The number of aryl methyl sites for hydroxylation is 2. The van der Waals surface area contributed by atoms with Crippen molar-refractivity contribution >= 4 is 0 Å². The van der Waals surface area contributed by atoms with Gasteiger partial charge in [0.05, 0.1) is 0 Å². The standard InChI is InChI=1S/C17H18O/c1-11-4-6-14(7-5-11)16-9-12(2)8-15-10-13(3)18-17(15)16/h4-9,13H,10H2,1-3H3. The van der Waals surface area contributed by atoms with Gasteiger partial charge in [-0.25, -0.2) is 0 Å². The number of fused-ring (bicyclic) bond motifs is 1. The molecule has 1 aliphatic rings. The minimum absolute atomic E-state index is 0.297. The van der Waals surface area contributed by atoms with Gasteiger partial charge in [0, 0.05) is 12.0 Å². The molecule has 0 saturated heterocycles. The van der Waals surface area contributed by atoms with E-state index in [2.05, 4.69) is 57.2 Å². The van der Waals surface area contributed by atoms with Gasteiger partial charge in [0.15, 0.2) is 0 Å². The second-order valence-electron chi connectivity index (χ2n) is 5.30. The fraction of sp³-hybridized carbons (Fsp3) is 0.294. The second-order valence-corrected chi connectivity index (χ2v) is 5.30. The van der Waals surface area contributed by atoms with Gasteiger partial charge in [0.1, 0.15) is 11.9 Å². The topological polar surface area (TPSA) is 9.23 Å². The van der Waals surface area contributed by atoms with Gasteiger partial charge in [-0.05, 0) is 43.5 Å². The highest BCUT2D eigenvalue weighted by Crippen LogP contribution is 2.39. The van der Waals surface area contributed by atoms with Gasteiger partial charge in [-0.2, -0.15) is 0 Å². The number of hydrogen-bond acceptors (Lipinski definition) is 1. The van der Waals surface area contributed by atoms with E-state index < -0.39 is 0 Å². The van der Waals surface area contributed by atoms with Crippen molar-refractivity contribution in [3.8, 4) is 16.9 Å². The van der Waals surface area contributed by atoms with Crippen LogP contribution in [-0.2, 0) is 6.42 Å². The summed E-state index contributed by atoms with van der Waals surface area (Å²) in [6.45, 7) is 6.40. The lowest BCUT2D eigenvalue weighted by Crippen LogP contribution is -2.05. The number of hydrogen-bond donors (Lipinski definition) is 0. The monoisotopic (exact) mass is 238 g/mol. The van der Waals surface area contributed by atoms with E-state index in [4.69, 9.17) is 4.74 Å². The summed E-state index contributed by atoms with van der Waals surface area (Å²) in [4.78, 5) is 0. The molecule has 0 bridgehead atoms. The molecule has 0 aliphatic carbocycles. The Hall–Kier alpha value is -1.76. The summed E-state index contributed by atoms with van der Waals surface area (Å²) in [5.41, 5.74) is 6.42. The molecule has 18 heavy (non-hydrogen) atoms. The molecule has 0 N–H and O–H groups in total. The first-order valence-corrected chi connectivity index (χ1v) is 6.51. The number of ether oxygens (including phenoxy) is 1. The average Bonchev–Trinajstić information content (AvgIpc) is 2.69. The molecule has 0 aromatic heterocycles. The predicted octanol–water partition coefficient (Wildman–Crippen LogP) is 4.29. The van der Waals surface area contributed by atoms with Crippen LogP contribution in [0.1, 0.15) is 23.6 Å². The van der Waals surface area contributed by atoms with E-state index >= 15 is 0 Å². The predicted molar refractivity (Wildman–Crippen MR) is 75.1 cm³/mol.